The fourth-order valence-electron chi connectivity index (χ4n) is 1.83. The number of likely N-dealkylation sites (N-methyl/N-ethyl adjacent to an activating group) is 2. The van der Waals surface area contributed by atoms with Crippen molar-refractivity contribution >= 4 is 11.9 Å². The van der Waals surface area contributed by atoms with Gasteiger partial charge in [0.05, 0.1) is 6.26 Å². The molecule has 0 radical (unpaired) electrons. The first-order valence-electron chi connectivity index (χ1n) is 7.26. The molecule has 122 valence electrons. The normalized spacial score (nSPS) is 11.2. The molecule has 0 atom stereocenters. The average molecular weight is 306 g/mol. The molecule has 6 nitrogen and oxygen atoms in total. The number of furan rings is 1. The number of amides is 1. The van der Waals surface area contributed by atoms with Gasteiger partial charge in [-0.25, -0.2) is 4.99 Å². The highest BCUT2D eigenvalue weighted by molar-refractivity contribution is 5.84. The van der Waals surface area contributed by atoms with E-state index < -0.39 is 0 Å². The van der Waals surface area contributed by atoms with Crippen molar-refractivity contribution in [3.8, 4) is 0 Å². The van der Waals surface area contributed by atoms with Gasteiger partial charge in [-0.2, -0.15) is 0 Å². The number of rotatable bonds is 7. The Bertz CT molecular complexity index is 506. The SMILES string of the molecule is C=C(C)CN(C)C(=NCC(=O)N(C)C)NCCc1ccco1. The van der Waals surface area contributed by atoms with Crippen molar-refractivity contribution < 1.29 is 9.21 Å². The number of carbonyl (C=O) groups is 1. The van der Waals surface area contributed by atoms with Crippen molar-refractivity contribution in [2.45, 2.75) is 13.3 Å². The van der Waals surface area contributed by atoms with E-state index in [1.165, 1.54) is 4.90 Å². The number of guanidine groups is 1. The van der Waals surface area contributed by atoms with Crippen LogP contribution in [0.15, 0.2) is 40.0 Å². The number of aliphatic imine (C=N–C) groups is 1. The molecule has 6 heteroatoms. The number of nitrogens with one attached hydrogen (secondary N) is 1. The average Bonchev–Trinajstić information content (AvgIpc) is 2.94. The Morgan fingerprint density at radius 2 is 2.14 bits per heavy atom. The van der Waals surface area contributed by atoms with Crippen LogP contribution in [0.4, 0.5) is 0 Å². The van der Waals surface area contributed by atoms with Crippen LogP contribution in [0.25, 0.3) is 0 Å². The number of hydrogen-bond acceptors (Lipinski definition) is 3. The van der Waals surface area contributed by atoms with Gasteiger partial charge in [0.2, 0.25) is 5.91 Å². The number of nitrogens with zero attached hydrogens (tertiary/aromatic N) is 3. The Balaban J connectivity index is 2.61. The minimum absolute atomic E-state index is 0.0333. The molecule has 1 heterocycles. The van der Waals surface area contributed by atoms with E-state index in [-0.39, 0.29) is 12.5 Å². The fourth-order valence-corrected chi connectivity index (χ4v) is 1.83. The van der Waals surface area contributed by atoms with E-state index in [0.717, 1.165) is 17.8 Å². The van der Waals surface area contributed by atoms with Crippen LogP contribution < -0.4 is 5.32 Å². The van der Waals surface area contributed by atoms with E-state index in [0.29, 0.717) is 19.0 Å². The highest BCUT2D eigenvalue weighted by Gasteiger charge is 2.09. The maximum Gasteiger partial charge on any atom is 0.243 e. The summed E-state index contributed by atoms with van der Waals surface area (Å²) in [6.07, 6.45) is 2.42. The van der Waals surface area contributed by atoms with Crippen molar-refractivity contribution in [2.75, 3.05) is 40.8 Å². The smallest absolute Gasteiger partial charge is 0.243 e. The van der Waals surface area contributed by atoms with Crippen molar-refractivity contribution in [3.05, 3.63) is 36.3 Å². The lowest BCUT2D eigenvalue weighted by Gasteiger charge is -2.22. The van der Waals surface area contributed by atoms with E-state index in [2.05, 4.69) is 16.9 Å². The molecule has 0 bridgehead atoms. The molecule has 0 aliphatic rings. The van der Waals surface area contributed by atoms with E-state index in [1.807, 2.05) is 31.0 Å². The Morgan fingerprint density at radius 1 is 1.41 bits per heavy atom. The van der Waals surface area contributed by atoms with E-state index in [1.54, 1.807) is 20.4 Å². The highest BCUT2D eigenvalue weighted by atomic mass is 16.3. The molecule has 0 spiro atoms. The minimum atomic E-state index is -0.0333. The van der Waals surface area contributed by atoms with E-state index in [9.17, 15) is 4.79 Å². The zero-order valence-electron chi connectivity index (χ0n) is 13.9. The molecular weight excluding hydrogens is 280 g/mol. The van der Waals surface area contributed by atoms with E-state index in [4.69, 9.17) is 4.42 Å². The maximum absolute atomic E-state index is 11.7. The molecule has 0 aliphatic carbocycles. The molecule has 1 rings (SSSR count). The summed E-state index contributed by atoms with van der Waals surface area (Å²) in [4.78, 5) is 19.6. The zero-order valence-corrected chi connectivity index (χ0v) is 13.9. The predicted molar refractivity (Wildman–Crippen MR) is 88.9 cm³/mol. The Hall–Kier alpha value is -2.24. The molecule has 0 saturated carbocycles. The third kappa shape index (κ3) is 6.47. The second kappa shape index (κ2) is 8.92. The molecule has 1 aromatic rings. The summed E-state index contributed by atoms with van der Waals surface area (Å²) in [5.74, 6) is 1.57. The first-order valence-corrected chi connectivity index (χ1v) is 7.26. The predicted octanol–water partition coefficient (Wildman–Crippen LogP) is 1.36. The van der Waals surface area contributed by atoms with Gasteiger partial charge in [0.25, 0.3) is 0 Å². The maximum atomic E-state index is 11.7. The molecule has 1 N–H and O–H groups in total. The van der Waals surface area contributed by atoms with Gasteiger partial charge in [0, 0.05) is 40.7 Å². The van der Waals surface area contributed by atoms with Gasteiger partial charge in [-0.1, -0.05) is 12.2 Å². The number of hydrogen-bond donors (Lipinski definition) is 1. The molecule has 0 fully saturated rings. The first kappa shape index (κ1) is 17.8. The second-order valence-electron chi connectivity index (χ2n) is 5.50. The molecule has 1 amide bonds. The lowest BCUT2D eigenvalue weighted by molar-refractivity contribution is -0.127. The van der Waals surface area contributed by atoms with Crippen LogP contribution in [0.5, 0.6) is 0 Å². The Kier molecular flexibility index (Phi) is 7.22. The number of carbonyl (C=O) groups excluding carboxylic acids is 1. The van der Waals surface area contributed by atoms with Crippen LogP contribution in [0.2, 0.25) is 0 Å². The summed E-state index contributed by atoms with van der Waals surface area (Å²) in [6, 6.07) is 3.80. The van der Waals surface area contributed by atoms with Gasteiger partial charge >= 0.3 is 0 Å². The lowest BCUT2D eigenvalue weighted by atomic mass is 10.3. The summed E-state index contributed by atoms with van der Waals surface area (Å²) < 4.78 is 5.30. The van der Waals surface area contributed by atoms with Gasteiger partial charge in [-0.3, -0.25) is 4.79 Å². The van der Waals surface area contributed by atoms with Crippen LogP contribution in [-0.2, 0) is 11.2 Å². The summed E-state index contributed by atoms with van der Waals surface area (Å²) in [5, 5.41) is 3.26. The third-order valence-electron chi connectivity index (χ3n) is 2.97. The van der Waals surface area contributed by atoms with Gasteiger partial charge in [-0.15, -0.1) is 0 Å². The van der Waals surface area contributed by atoms with Crippen molar-refractivity contribution in [2.24, 2.45) is 4.99 Å². The summed E-state index contributed by atoms with van der Waals surface area (Å²) in [7, 11) is 5.37. The molecule has 0 saturated heterocycles. The summed E-state index contributed by atoms with van der Waals surface area (Å²) >= 11 is 0. The molecule has 22 heavy (non-hydrogen) atoms. The quantitative estimate of drug-likeness (QED) is 0.469. The largest absolute Gasteiger partial charge is 0.469 e. The summed E-state index contributed by atoms with van der Waals surface area (Å²) in [5.41, 5.74) is 1.03. The van der Waals surface area contributed by atoms with Crippen LogP contribution >= 0.6 is 0 Å². The van der Waals surface area contributed by atoms with Crippen molar-refractivity contribution in [1.29, 1.82) is 0 Å². The van der Waals surface area contributed by atoms with Crippen molar-refractivity contribution in [3.63, 3.8) is 0 Å². The van der Waals surface area contributed by atoms with Gasteiger partial charge < -0.3 is 19.5 Å². The van der Waals surface area contributed by atoms with Gasteiger partial charge in [-0.05, 0) is 19.1 Å². The standard InChI is InChI=1S/C16H26N4O2/c1-13(2)12-20(5)16(18-11-15(21)19(3)4)17-9-8-14-7-6-10-22-14/h6-7,10H,1,8-9,11-12H2,2-5H3,(H,17,18). The van der Waals surface area contributed by atoms with Crippen molar-refractivity contribution in [1.82, 2.24) is 15.1 Å². The van der Waals surface area contributed by atoms with Crippen LogP contribution in [0.1, 0.15) is 12.7 Å². The second-order valence-corrected chi connectivity index (χ2v) is 5.50. The topological polar surface area (TPSA) is 61.1 Å². The Morgan fingerprint density at radius 3 is 2.68 bits per heavy atom. The highest BCUT2D eigenvalue weighted by Crippen LogP contribution is 2.00. The van der Waals surface area contributed by atoms with Crippen LogP contribution in [0.3, 0.4) is 0 Å². The monoisotopic (exact) mass is 306 g/mol. The molecule has 0 unspecified atom stereocenters. The van der Waals surface area contributed by atoms with E-state index >= 15 is 0 Å². The van der Waals surface area contributed by atoms with Gasteiger partial charge in [0.1, 0.15) is 12.3 Å². The third-order valence-corrected chi connectivity index (χ3v) is 2.97. The molecule has 0 aromatic carbocycles. The molecule has 1 aromatic heterocycles. The van der Waals surface area contributed by atoms with Crippen LogP contribution in [-0.4, -0.2) is 62.4 Å². The lowest BCUT2D eigenvalue weighted by Crippen LogP contribution is -2.41. The fraction of sp³-hybridized carbons (Fsp3) is 0.500. The molecular formula is C16H26N4O2. The van der Waals surface area contributed by atoms with Crippen LogP contribution in [0, 0.1) is 0 Å². The first-order chi connectivity index (χ1) is 10.4. The Labute approximate surface area is 132 Å². The minimum Gasteiger partial charge on any atom is -0.469 e. The summed E-state index contributed by atoms with van der Waals surface area (Å²) in [6.45, 7) is 7.36. The van der Waals surface area contributed by atoms with Gasteiger partial charge in [0.15, 0.2) is 5.96 Å². The molecule has 0 aliphatic heterocycles. The zero-order chi connectivity index (χ0) is 16.5.